The number of carbonyl (C=O) groups is 1. The first kappa shape index (κ1) is 8.25. The zero-order valence-electron chi connectivity index (χ0n) is 7.04. The van der Waals surface area contributed by atoms with Crippen molar-refractivity contribution in [2.24, 2.45) is 0 Å². The van der Waals surface area contributed by atoms with E-state index in [2.05, 4.69) is 10.5 Å². The van der Waals surface area contributed by atoms with Gasteiger partial charge in [0.15, 0.2) is 5.69 Å². The molecule has 0 saturated heterocycles. The van der Waals surface area contributed by atoms with Crippen LogP contribution >= 0.6 is 0 Å². The van der Waals surface area contributed by atoms with Crippen LogP contribution < -0.4 is 5.32 Å². The Hall–Kier alpha value is -1.36. The predicted molar refractivity (Wildman–Crippen MR) is 43.7 cm³/mol. The number of fused-ring (bicyclic) bond motifs is 1. The number of aromatic carboxylic acids is 1. The summed E-state index contributed by atoms with van der Waals surface area (Å²) in [6.45, 7) is 1.61. The van der Waals surface area contributed by atoms with Crippen molar-refractivity contribution in [2.75, 3.05) is 13.1 Å². The molecule has 70 valence electrons. The van der Waals surface area contributed by atoms with E-state index >= 15 is 0 Å². The second kappa shape index (κ2) is 3.18. The average molecular weight is 182 g/mol. The Kier molecular flexibility index (Phi) is 2.02. The van der Waals surface area contributed by atoms with Crippen LogP contribution in [-0.2, 0) is 12.8 Å². The van der Waals surface area contributed by atoms with Gasteiger partial charge in [-0.15, -0.1) is 0 Å². The fourth-order valence-corrected chi connectivity index (χ4v) is 1.51. The summed E-state index contributed by atoms with van der Waals surface area (Å²) >= 11 is 0. The van der Waals surface area contributed by atoms with E-state index in [-0.39, 0.29) is 5.69 Å². The van der Waals surface area contributed by atoms with Gasteiger partial charge in [-0.05, 0) is 13.0 Å². The summed E-state index contributed by atoms with van der Waals surface area (Å²) in [6.07, 6.45) is 1.40. The predicted octanol–water partition coefficient (Wildman–Crippen LogP) is 0.0610. The summed E-state index contributed by atoms with van der Waals surface area (Å²) in [5.41, 5.74) is 0.816. The van der Waals surface area contributed by atoms with Crippen molar-refractivity contribution < 1.29 is 14.4 Å². The summed E-state index contributed by atoms with van der Waals surface area (Å²) in [6, 6.07) is 0. The number of rotatable bonds is 1. The first-order valence-corrected chi connectivity index (χ1v) is 4.20. The molecule has 1 aliphatic heterocycles. The smallest absolute Gasteiger partial charge is 0.358 e. The molecule has 2 N–H and O–H groups in total. The van der Waals surface area contributed by atoms with Gasteiger partial charge in [0, 0.05) is 18.5 Å². The van der Waals surface area contributed by atoms with Crippen LogP contribution in [0.3, 0.4) is 0 Å². The molecule has 0 aromatic carbocycles. The summed E-state index contributed by atoms with van der Waals surface area (Å²) in [5, 5.41) is 15.5. The molecular formula is C8H10N2O3. The maximum atomic E-state index is 10.7. The Morgan fingerprint density at radius 1 is 1.46 bits per heavy atom. The van der Waals surface area contributed by atoms with Gasteiger partial charge in [0.1, 0.15) is 5.76 Å². The van der Waals surface area contributed by atoms with Gasteiger partial charge in [-0.25, -0.2) is 4.79 Å². The zero-order chi connectivity index (χ0) is 9.26. The topological polar surface area (TPSA) is 75.4 Å². The van der Waals surface area contributed by atoms with Gasteiger partial charge in [0.25, 0.3) is 0 Å². The number of carboxylic acid groups (broad SMARTS) is 1. The lowest BCUT2D eigenvalue weighted by molar-refractivity contribution is 0.0684. The van der Waals surface area contributed by atoms with Crippen LogP contribution in [0, 0.1) is 0 Å². The maximum Gasteiger partial charge on any atom is 0.358 e. The molecular weight excluding hydrogens is 172 g/mol. The second-order valence-corrected chi connectivity index (χ2v) is 2.99. The maximum absolute atomic E-state index is 10.7. The molecule has 0 unspecified atom stereocenters. The van der Waals surface area contributed by atoms with Crippen molar-refractivity contribution in [3.05, 3.63) is 17.0 Å². The zero-order valence-corrected chi connectivity index (χ0v) is 7.04. The second-order valence-electron chi connectivity index (χ2n) is 2.99. The van der Waals surface area contributed by atoms with Crippen LogP contribution in [0.1, 0.15) is 21.8 Å². The fraction of sp³-hybridized carbons (Fsp3) is 0.500. The standard InChI is InChI=1S/C8H10N2O3/c11-8(12)7-5-1-3-9-4-2-6(5)13-10-7/h9H,1-4H2,(H,11,12). The first-order chi connectivity index (χ1) is 6.29. The van der Waals surface area contributed by atoms with Crippen LogP contribution in [0.2, 0.25) is 0 Å². The molecule has 0 atom stereocenters. The molecule has 1 aliphatic rings. The number of hydrogen-bond donors (Lipinski definition) is 2. The third kappa shape index (κ3) is 1.42. The third-order valence-electron chi connectivity index (χ3n) is 2.15. The molecule has 0 spiro atoms. The van der Waals surface area contributed by atoms with Gasteiger partial charge in [-0.1, -0.05) is 5.16 Å². The van der Waals surface area contributed by atoms with Crippen LogP contribution in [-0.4, -0.2) is 29.3 Å². The Morgan fingerprint density at radius 2 is 2.23 bits per heavy atom. The molecule has 1 aromatic rings. The van der Waals surface area contributed by atoms with Gasteiger partial charge < -0.3 is 14.9 Å². The summed E-state index contributed by atoms with van der Waals surface area (Å²) in [4.78, 5) is 10.7. The van der Waals surface area contributed by atoms with Crippen molar-refractivity contribution in [2.45, 2.75) is 12.8 Å². The molecule has 0 aliphatic carbocycles. The highest BCUT2D eigenvalue weighted by molar-refractivity contribution is 5.87. The molecule has 13 heavy (non-hydrogen) atoms. The van der Waals surface area contributed by atoms with E-state index in [1.165, 1.54) is 0 Å². The minimum Gasteiger partial charge on any atom is -0.476 e. The molecule has 1 aromatic heterocycles. The van der Waals surface area contributed by atoms with E-state index in [0.29, 0.717) is 12.2 Å². The van der Waals surface area contributed by atoms with E-state index in [1.54, 1.807) is 0 Å². The van der Waals surface area contributed by atoms with Crippen molar-refractivity contribution >= 4 is 5.97 Å². The third-order valence-corrected chi connectivity index (χ3v) is 2.15. The quantitative estimate of drug-likeness (QED) is 0.642. The average Bonchev–Trinajstić information content (AvgIpc) is 2.36. The monoisotopic (exact) mass is 182 g/mol. The number of nitrogens with one attached hydrogen (secondary N) is 1. The van der Waals surface area contributed by atoms with E-state index in [4.69, 9.17) is 9.63 Å². The number of carboxylic acids is 1. The lowest BCUT2D eigenvalue weighted by atomic mass is 10.1. The lowest BCUT2D eigenvalue weighted by Crippen LogP contribution is -2.16. The highest BCUT2D eigenvalue weighted by Crippen LogP contribution is 2.16. The Bertz CT molecular complexity index is 332. The minimum atomic E-state index is -1.01. The highest BCUT2D eigenvalue weighted by atomic mass is 16.5. The molecule has 2 heterocycles. The summed E-state index contributed by atoms with van der Waals surface area (Å²) in [7, 11) is 0. The van der Waals surface area contributed by atoms with Crippen LogP contribution in [0.5, 0.6) is 0 Å². The molecule has 0 fully saturated rings. The molecule has 0 amide bonds. The molecule has 0 saturated carbocycles. The minimum absolute atomic E-state index is 0.0682. The largest absolute Gasteiger partial charge is 0.476 e. The lowest BCUT2D eigenvalue weighted by Gasteiger charge is -1.95. The van der Waals surface area contributed by atoms with Gasteiger partial charge in [0.05, 0.1) is 0 Å². The molecule has 5 nitrogen and oxygen atoms in total. The molecule has 0 radical (unpaired) electrons. The van der Waals surface area contributed by atoms with Gasteiger partial charge >= 0.3 is 5.97 Å². The van der Waals surface area contributed by atoms with Crippen LogP contribution in [0.25, 0.3) is 0 Å². The van der Waals surface area contributed by atoms with E-state index in [0.717, 1.165) is 25.1 Å². The Labute approximate surface area is 74.7 Å². The number of aromatic nitrogens is 1. The summed E-state index contributed by atoms with van der Waals surface area (Å²) < 4.78 is 4.96. The fourth-order valence-electron chi connectivity index (χ4n) is 1.51. The van der Waals surface area contributed by atoms with Gasteiger partial charge in [-0.3, -0.25) is 0 Å². The molecule has 5 heteroatoms. The summed E-state index contributed by atoms with van der Waals surface area (Å²) in [5.74, 6) is -0.297. The highest BCUT2D eigenvalue weighted by Gasteiger charge is 2.21. The Morgan fingerprint density at radius 3 is 3.00 bits per heavy atom. The van der Waals surface area contributed by atoms with Crippen molar-refractivity contribution in [1.29, 1.82) is 0 Å². The van der Waals surface area contributed by atoms with E-state index in [9.17, 15) is 4.79 Å². The van der Waals surface area contributed by atoms with Crippen molar-refractivity contribution in [3.8, 4) is 0 Å². The Balaban J connectivity index is 2.39. The van der Waals surface area contributed by atoms with E-state index < -0.39 is 5.97 Å². The van der Waals surface area contributed by atoms with Crippen molar-refractivity contribution in [3.63, 3.8) is 0 Å². The van der Waals surface area contributed by atoms with Gasteiger partial charge in [-0.2, -0.15) is 0 Å². The van der Waals surface area contributed by atoms with E-state index in [1.807, 2.05) is 0 Å². The molecule has 2 rings (SSSR count). The van der Waals surface area contributed by atoms with Gasteiger partial charge in [0.2, 0.25) is 0 Å². The normalized spacial score (nSPS) is 16.3. The first-order valence-electron chi connectivity index (χ1n) is 4.20. The number of hydrogen-bond acceptors (Lipinski definition) is 4. The molecule has 0 bridgehead atoms. The SMILES string of the molecule is O=C(O)c1noc2c1CCNCC2. The van der Waals surface area contributed by atoms with Crippen LogP contribution in [0.4, 0.5) is 0 Å². The van der Waals surface area contributed by atoms with Crippen molar-refractivity contribution in [1.82, 2.24) is 10.5 Å². The van der Waals surface area contributed by atoms with Crippen LogP contribution in [0.15, 0.2) is 4.52 Å². The number of nitrogens with zero attached hydrogens (tertiary/aromatic N) is 1.